The van der Waals surface area contributed by atoms with Crippen molar-refractivity contribution >= 4 is 11.9 Å². The fourth-order valence-corrected chi connectivity index (χ4v) is 2.54. The molecule has 0 bridgehead atoms. The van der Waals surface area contributed by atoms with Crippen molar-refractivity contribution < 1.29 is 27.4 Å². The van der Waals surface area contributed by atoms with Gasteiger partial charge in [-0.15, -0.1) is 0 Å². The van der Waals surface area contributed by atoms with Crippen LogP contribution in [-0.2, 0) is 24.0 Å². The van der Waals surface area contributed by atoms with Gasteiger partial charge in [0.25, 0.3) is 0 Å². The van der Waals surface area contributed by atoms with Crippen LogP contribution in [0.15, 0.2) is 47.5 Å². The van der Waals surface area contributed by atoms with Gasteiger partial charge in [0.15, 0.2) is 5.96 Å². The van der Waals surface area contributed by atoms with Gasteiger partial charge in [-0.05, 0) is 35.4 Å². The number of carbonyl (C=O) groups is 1. The number of guanidine groups is 1. The topological polar surface area (TPSA) is 72.0 Å². The Labute approximate surface area is 166 Å². The highest BCUT2D eigenvalue weighted by Crippen LogP contribution is 2.29. The van der Waals surface area contributed by atoms with E-state index in [9.17, 15) is 18.0 Å². The summed E-state index contributed by atoms with van der Waals surface area (Å²) >= 11 is 0. The first-order valence-electron chi connectivity index (χ1n) is 8.64. The Morgan fingerprint density at radius 1 is 1.00 bits per heavy atom. The van der Waals surface area contributed by atoms with E-state index in [-0.39, 0.29) is 0 Å². The molecule has 0 radical (unpaired) electrons. The molecule has 0 amide bonds. The molecule has 2 aromatic rings. The van der Waals surface area contributed by atoms with Crippen molar-refractivity contribution in [2.24, 2.45) is 4.99 Å². The molecule has 156 valence electrons. The van der Waals surface area contributed by atoms with E-state index < -0.39 is 17.7 Å². The largest absolute Gasteiger partial charge is 0.496 e. The van der Waals surface area contributed by atoms with E-state index in [0.717, 1.165) is 17.7 Å². The van der Waals surface area contributed by atoms with Crippen LogP contribution in [0.2, 0.25) is 0 Å². The number of hydrogen-bond acceptors (Lipinski definition) is 4. The molecule has 2 N–H and O–H groups in total. The maximum Gasteiger partial charge on any atom is 0.416 e. The van der Waals surface area contributed by atoms with Crippen LogP contribution in [0.5, 0.6) is 5.75 Å². The summed E-state index contributed by atoms with van der Waals surface area (Å²) in [6.07, 6.45) is -4.36. The van der Waals surface area contributed by atoms with Gasteiger partial charge in [0.1, 0.15) is 11.3 Å². The van der Waals surface area contributed by atoms with Crippen LogP contribution in [0.4, 0.5) is 13.2 Å². The van der Waals surface area contributed by atoms with Gasteiger partial charge in [0.05, 0.1) is 19.8 Å². The molecular formula is C20H22F3N3O3. The lowest BCUT2D eigenvalue weighted by molar-refractivity contribution is -0.137. The third-order valence-corrected chi connectivity index (χ3v) is 4.09. The standard InChI is InChI=1S/C20H22F3N3O3/c1-24-19(25-11-13-4-7-15(8-5-13)20(21,22)23)26-12-14-6-9-17(28-2)16(10-14)18(27)29-3/h4-10H,11-12H2,1-3H3,(H2,24,25,26). The molecule has 6 nitrogen and oxygen atoms in total. The molecule has 2 rings (SSSR count). The zero-order chi connectivity index (χ0) is 21.4. The first-order chi connectivity index (χ1) is 13.8. The van der Waals surface area contributed by atoms with Crippen molar-refractivity contribution in [2.45, 2.75) is 19.3 Å². The summed E-state index contributed by atoms with van der Waals surface area (Å²) in [4.78, 5) is 15.9. The van der Waals surface area contributed by atoms with Crippen molar-refractivity contribution in [3.63, 3.8) is 0 Å². The van der Waals surface area contributed by atoms with E-state index in [2.05, 4.69) is 15.6 Å². The maximum atomic E-state index is 12.6. The minimum absolute atomic E-state index is 0.299. The second-order valence-electron chi connectivity index (χ2n) is 6.00. The normalized spacial score (nSPS) is 11.7. The van der Waals surface area contributed by atoms with Crippen LogP contribution < -0.4 is 15.4 Å². The first kappa shape index (κ1) is 22.1. The van der Waals surface area contributed by atoms with Crippen LogP contribution in [0.1, 0.15) is 27.0 Å². The van der Waals surface area contributed by atoms with Gasteiger partial charge in [-0.1, -0.05) is 18.2 Å². The molecule has 0 atom stereocenters. The van der Waals surface area contributed by atoms with Crippen molar-refractivity contribution in [3.8, 4) is 5.75 Å². The molecule has 0 unspecified atom stereocenters. The number of hydrogen-bond donors (Lipinski definition) is 2. The van der Waals surface area contributed by atoms with Gasteiger partial charge < -0.3 is 20.1 Å². The SMILES string of the molecule is CN=C(NCc1ccc(C(F)(F)F)cc1)NCc1ccc(OC)c(C(=O)OC)c1. The van der Waals surface area contributed by atoms with Gasteiger partial charge in [-0.25, -0.2) is 4.79 Å². The van der Waals surface area contributed by atoms with Crippen molar-refractivity contribution in [3.05, 3.63) is 64.7 Å². The Balaban J connectivity index is 1.96. The number of esters is 1. The summed E-state index contributed by atoms with van der Waals surface area (Å²) in [5, 5.41) is 6.11. The van der Waals surface area contributed by atoms with Crippen molar-refractivity contribution in [1.29, 1.82) is 0 Å². The molecule has 2 aromatic carbocycles. The molecule has 0 spiro atoms. The number of alkyl halides is 3. The van der Waals surface area contributed by atoms with E-state index in [1.54, 1.807) is 25.2 Å². The van der Waals surface area contributed by atoms with Gasteiger partial charge in [-0.3, -0.25) is 4.99 Å². The molecule has 0 saturated carbocycles. The van der Waals surface area contributed by atoms with E-state index in [1.807, 2.05) is 0 Å². The summed E-state index contributed by atoms with van der Waals surface area (Å²) in [7, 11) is 4.34. The van der Waals surface area contributed by atoms with Crippen molar-refractivity contribution in [2.75, 3.05) is 21.3 Å². The zero-order valence-electron chi connectivity index (χ0n) is 16.3. The molecule has 0 aliphatic rings. The van der Waals surface area contributed by atoms with Crippen LogP contribution >= 0.6 is 0 Å². The Bertz CT molecular complexity index is 866. The summed E-state index contributed by atoms with van der Waals surface area (Å²) in [5.74, 6) is 0.360. The summed E-state index contributed by atoms with van der Waals surface area (Å²) < 4.78 is 47.8. The molecule has 29 heavy (non-hydrogen) atoms. The Hall–Kier alpha value is -3.23. The molecule has 0 aromatic heterocycles. The summed E-state index contributed by atoms with van der Waals surface area (Å²) in [5.41, 5.74) is 1.09. The van der Waals surface area contributed by atoms with Crippen LogP contribution in [0.25, 0.3) is 0 Å². The van der Waals surface area contributed by atoms with Crippen LogP contribution in [0, 0.1) is 0 Å². The lowest BCUT2D eigenvalue weighted by Crippen LogP contribution is -2.36. The maximum absolute atomic E-state index is 12.6. The van der Waals surface area contributed by atoms with E-state index in [4.69, 9.17) is 9.47 Å². The number of ether oxygens (including phenoxy) is 2. The van der Waals surface area contributed by atoms with E-state index in [1.165, 1.54) is 26.4 Å². The van der Waals surface area contributed by atoms with E-state index in [0.29, 0.717) is 35.9 Å². The molecule has 9 heteroatoms. The third kappa shape index (κ3) is 6.13. The minimum Gasteiger partial charge on any atom is -0.496 e. The monoisotopic (exact) mass is 409 g/mol. The highest BCUT2D eigenvalue weighted by atomic mass is 19.4. The number of benzene rings is 2. The fourth-order valence-electron chi connectivity index (χ4n) is 2.54. The third-order valence-electron chi connectivity index (χ3n) is 4.09. The Kier molecular flexibility index (Phi) is 7.46. The van der Waals surface area contributed by atoms with Gasteiger partial charge in [0.2, 0.25) is 0 Å². The molecular weight excluding hydrogens is 387 g/mol. The quantitative estimate of drug-likeness (QED) is 0.435. The fraction of sp³-hybridized carbons (Fsp3) is 0.300. The van der Waals surface area contributed by atoms with Gasteiger partial charge >= 0.3 is 12.1 Å². The Morgan fingerprint density at radius 2 is 1.59 bits per heavy atom. The second-order valence-corrected chi connectivity index (χ2v) is 6.00. The molecule has 0 aliphatic heterocycles. The second kappa shape index (κ2) is 9.81. The van der Waals surface area contributed by atoms with Crippen molar-refractivity contribution in [1.82, 2.24) is 10.6 Å². The molecule has 0 aliphatic carbocycles. The van der Waals surface area contributed by atoms with Gasteiger partial charge in [-0.2, -0.15) is 13.2 Å². The molecule has 0 fully saturated rings. The summed E-state index contributed by atoms with van der Waals surface area (Å²) in [6.45, 7) is 0.661. The number of methoxy groups -OCH3 is 2. The predicted octanol–water partition coefficient (Wildman–Crippen LogP) is 3.37. The minimum atomic E-state index is -4.36. The molecule has 0 saturated heterocycles. The van der Waals surface area contributed by atoms with Crippen LogP contribution in [-0.4, -0.2) is 33.2 Å². The van der Waals surface area contributed by atoms with E-state index >= 15 is 0 Å². The number of nitrogens with zero attached hydrogens (tertiary/aromatic N) is 1. The first-order valence-corrected chi connectivity index (χ1v) is 8.64. The lowest BCUT2D eigenvalue weighted by atomic mass is 10.1. The summed E-state index contributed by atoms with van der Waals surface area (Å²) in [6, 6.07) is 10.0. The molecule has 0 heterocycles. The number of carbonyl (C=O) groups excluding carboxylic acids is 1. The predicted molar refractivity (Wildman–Crippen MR) is 103 cm³/mol. The average Bonchev–Trinajstić information content (AvgIpc) is 2.72. The smallest absolute Gasteiger partial charge is 0.416 e. The zero-order valence-corrected chi connectivity index (χ0v) is 16.3. The highest BCUT2D eigenvalue weighted by molar-refractivity contribution is 5.92. The number of halogens is 3. The Morgan fingerprint density at radius 3 is 2.10 bits per heavy atom. The van der Waals surface area contributed by atoms with Gasteiger partial charge in [0, 0.05) is 20.1 Å². The number of nitrogens with one attached hydrogen (secondary N) is 2. The highest BCUT2D eigenvalue weighted by Gasteiger charge is 2.29. The van der Waals surface area contributed by atoms with Crippen LogP contribution in [0.3, 0.4) is 0 Å². The number of rotatable bonds is 6. The number of aliphatic imine (C=N–C) groups is 1. The average molecular weight is 409 g/mol. The lowest BCUT2D eigenvalue weighted by Gasteiger charge is -2.14.